The van der Waals surface area contributed by atoms with E-state index in [0.717, 1.165) is 24.2 Å². The van der Waals surface area contributed by atoms with Crippen LogP contribution in [0.2, 0.25) is 0 Å². The molecule has 0 radical (unpaired) electrons. The summed E-state index contributed by atoms with van der Waals surface area (Å²) in [7, 11) is 4.59. The van der Waals surface area contributed by atoms with Crippen LogP contribution in [-0.2, 0) is 0 Å². The van der Waals surface area contributed by atoms with Gasteiger partial charge in [0.25, 0.3) is 0 Å². The summed E-state index contributed by atoms with van der Waals surface area (Å²) in [6, 6.07) is 3.85. The third kappa shape index (κ3) is 3.14. The Morgan fingerprint density at radius 3 is 1.00 bits per heavy atom. The van der Waals surface area contributed by atoms with Crippen LogP contribution in [0.25, 0.3) is 0 Å². The summed E-state index contributed by atoms with van der Waals surface area (Å²) in [6.45, 7) is 0. The predicted octanol–water partition coefficient (Wildman–Crippen LogP) is 2.44. The fourth-order valence-corrected chi connectivity index (χ4v) is 4.75. The minimum Gasteiger partial charge on any atom is -0.412 e. The highest BCUT2D eigenvalue weighted by Gasteiger charge is 2.33. The highest BCUT2D eigenvalue weighted by molar-refractivity contribution is 4.90. The van der Waals surface area contributed by atoms with Crippen molar-refractivity contribution in [3.8, 4) is 0 Å². The predicted molar refractivity (Wildman–Crippen MR) is 80.5 cm³/mol. The third-order valence-electron chi connectivity index (χ3n) is 6.12. The molecule has 0 aliphatic carbocycles. The van der Waals surface area contributed by atoms with Crippen LogP contribution in [0.3, 0.4) is 0 Å². The van der Waals surface area contributed by atoms with Gasteiger partial charge in [-0.1, -0.05) is 12.8 Å². The smallest absolute Gasteiger partial charge is 0.00957 e. The van der Waals surface area contributed by atoms with Gasteiger partial charge in [0.05, 0.1) is 0 Å². The van der Waals surface area contributed by atoms with E-state index in [1.54, 1.807) is 0 Å². The van der Waals surface area contributed by atoms with Crippen LogP contribution in [0.1, 0.15) is 64.2 Å². The lowest BCUT2D eigenvalue weighted by Crippen LogP contribution is -2.35. The molecule has 4 fully saturated rings. The maximum absolute atomic E-state index is 2.59. The topological polar surface area (TPSA) is 38.0 Å². The fraction of sp³-hybridized carbons (Fsp3) is 1.00. The lowest BCUT2D eigenvalue weighted by Gasteiger charge is -2.30. The molecule has 112 valence electrons. The van der Waals surface area contributed by atoms with E-state index in [4.69, 9.17) is 0 Å². The van der Waals surface area contributed by atoms with Crippen molar-refractivity contribution in [2.24, 2.45) is 0 Å². The van der Waals surface area contributed by atoms with Gasteiger partial charge in [-0.15, -0.1) is 0 Å². The van der Waals surface area contributed by atoms with Crippen LogP contribution in [0.15, 0.2) is 0 Å². The molecule has 3 nitrogen and oxygen atoms in total. The van der Waals surface area contributed by atoms with E-state index in [0.29, 0.717) is 0 Å². The molecule has 4 aliphatic heterocycles. The molecule has 4 heterocycles. The van der Waals surface area contributed by atoms with Crippen molar-refractivity contribution in [3.63, 3.8) is 0 Å². The van der Waals surface area contributed by atoms with Gasteiger partial charge in [-0.25, -0.2) is 0 Å². The van der Waals surface area contributed by atoms with E-state index in [9.17, 15) is 0 Å². The van der Waals surface area contributed by atoms with E-state index in [1.807, 2.05) is 0 Å². The highest BCUT2D eigenvalue weighted by atomic mass is 16.0. The van der Waals surface area contributed by atoms with Gasteiger partial charge in [-0.3, -0.25) is 0 Å². The van der Waals surface area contributed by atoms with Gasteiger partial charge in [0.15, 0.2) is 0 Å². The standard InChI is InChI=1S/2C8H15N.H2O/c2*1-9-7-3-2-4-8(9)6-5-7;/h2*7-8H,2-6H2,1H3;1H2. The van der Waals surface area contributed by atoms with E-state index in [-0.39, 0.29) is 5.48 Å². The van der Waals surface area contributed by atoms with Crippen molar-refractivity contribution >= 4 is 0 Å². The number of fused-ring (bicyclic) bond motifs is 4. The Bertz CT molecular complexity index is 224. The molecule has 4 unspecified atom stereocenters. The fourth-order valence-electron chi connectivity index (χ4n) is 4.75. The summed E-state index contributed by atoms with van der Waals surface area (Å²) in [5.74, 6) is 0. The second kappa shape index (κ2) is 6.55. The molecule has 4 saturated heterocycles. The first-order chi connectivity index (χ1) is 8.75. The molecule has 4 rings (SSSR count). The summed E-state index contributed by atoms with van der Waals surface area (Å²) in [5.41, 5.74) is 0. The van der Waals surface area contributed by atoms with E-state index < -0.39 is 0 Å². The quantitative estimate of drug-likeness (QED) is 0.677. The van der Waals surface area contributed by atoms with Crippen LogP contribution < -0.4 is 0 Å². The van der Waals surface area contributed by atoms with Crippen LogP contribution in [0, 0.1) is 0 Å². The van der Waals surface area contributed by atoms with Crippen molar-refractivity contribution in [1.29, 1.82) is 0 Å². The van der Waals surface area contributed by atoms with E-state index >= 15 is 0 Å². The van der Waals surface area contributed by atoms with Crippen LogP contribution in [-0.4, -0.2) is 53.5 Å². The average Bonchev–Trinajstić information content (AvgIpc) is 2.77. The number of rotatable bonds is 0. The molecule has 3 heteroatoms. The molecule has 4 aliphatic rings. The van der Waals surface area contributed by atoms with Gasteiger partial charge in [0.2, 0.25) is 0 Å². The first-order valence-electron chi connectivity index (χ1n) is 8.19. The highest BCUT2D eigenvalue weighted by Crippen LogP contribution is 2.34. The van der Waals surface area contributed by atoms with E-state index in [2.05, 4.69) is 23.9 Å². The summed E-state index contributed by atoms with van der Waals surface area (Å²) in [4.78, 5) is 5.17. The number of hydrogen-bond donors (Lipinski definition) is 0. The molecule has 0 aromatic carbocycles. The third-order valence-corrected chi connectivity index (χ3v) is 6.12. The summed E-state index contributed by atoms with van der Waals surface area (Å²) in [6.07, 6.45) is 14.7. The first kappa shape index (κ1) is 15.3. The molecular weight excluding hydrogens is 236 g/mol. The van der Waals surface area contributed by atoms with Gasteiger partial charge in [-0.05, 0) is 65.5 Å². The molecular formula is C16H32N2O. The van der Waals surface area contributed by atoms with Crippen LogP contribution in [0.5, 0.6) is 0 Å². The summed E-state index contributed by atoms with van der Waals surface area (Å²) in [5, 5.41) is 0. The van der Waals surface area contributed by atoms with Crippen molar-refractivity contribution in [1.82, 2.24) is 9.80 Å². The summed E-state index contributed by atoms with van der Waals surface area (Å²) < 4.78 is 0. The molecule has 0 spiro atoms. The lowest BCUT2D eigenvalue weighted by atomic mass is 10.0. The van der Waals surface area contributed by atoms with Gasteiger partial charge in [-0.2, -0.15) is 0 Å². The molecule has 2 N–H and O–H groups in total. The molecule has 4 atom stereocenters. The van der Waals surface area contributed by atoms with Crippen molar-refractivity contribution < 1.29 is 5.48 Å². The molecule has 0 aromatic heterocycles. The Morgan fingerprint density at radius 2 is 0.789 bits per heavy atom. The number of hydrogen-bond acceptors (Lipinski definition) is 2. The molecule has 0 saturated carbocycles. The minimum absolute atomic E-state index is 0. The van der Waals surface area contributed by atoms with Crippen molar-refractivity contribution in [2.75, 3.05) is 14.1 Å². The maximum Gasteiger partial charge on any atom is 0.00957 e. The number of piperidine rings is 2. The maximum atomic E-state index is 2.59. The molecule has 19 heavy (non-hydrogen) atoms. The average molecular weight is 268 g/mol. The van der Waals surface area contributed by atoms with Crippen LogP contribution in [0.4, 0.5) is 0 Å². The Kier molecular flexibility index (Phi) is 5.27. The van der Waals surface area contributed by atoms with E-state index in [1.165, 1.54) is 64.2 Å². The van der Waals surface area contributed by atoms with Gasteiger partial charge in [0, 0.05) is 24.2 Å². The Balaban J connectivity index is 0.000000133. The first-order valence-corrected chi connectivity index (χ1v) is 8.19. The normalized spacial score (nSPS) is 41.4. The zero-order chi connectivity index (χ0) is 12.5. The minimum atomic E-state index is 0. The van der Waals surface area contributed by atoms with Gasteiger partial charge >= 0.3 is 0 Å². The molecule has 0 aromatic rings. The second-order valence-electron chi connectivity index (χ2n) is 6.96. The summed E-state index contributed by atoms with van der Waals surface area (Å²) >= 11 is 0. The Hall–Kier alpha value is -0.120. The Morgan fingerprint density at radius 1 is 0.526 bits per heavy atom. The molecule has 0 amide bonds. The van der Waals surface area contributed by atoms with Crippen LogP contribution >= 0.6 is 0 Å². The molecule has 4 bridgehead atoms. The lowest BCUT2D eigenvalue weighted by molar-refractivity contribution is 0.179. The second-order valence-corrected chi connectivity index (χ2v) is 6.96. The van der Waals surface area contributed by atoms with Gasteiger partial charge in [0.1, 0.15) is 0 Å². The van der Waals surface area contributed by atoms with Crippen molar-refractivity contribution in [3.05, 3.63) is 0 Å². The largest absolute Gasteiger partial charge is 0.412 e. The SMILES string of the molecule is CN1C2CCCC1CC2.CN1C2CCCC1CC2.O. The number of nitrogens with zero attached hydrogens (tertiary/aromatic N) is 2. The monoisotopic (exact) mass is 268 g/mol. The Labute approximate surface area is 118 Å². The van der Waals surface area contributed by atoms with Gasteiger partial charge < -0.3 is 15.3 Å². The van der Waals surface area contributed by atoms with Crippen molar-refractivity contribution in [2.45, 2.75) is 88.4 Å². The zero-order valence-corrected chi connectivity index (χ0v) is 12.8. The zero-order valence-electron chi connectivity index (χ0n) is 12.8.